The van der Waals surface area contributed by atoms with Gasteiger partial charge >= 0.3 is 5.97 Å². The highest BCUT2D eigenvalue weighted by Gasteiger charge is 2.66. The predicted molar refractivity (Wildman–Crippen MR) is 69.4 cm³/mol. The highest BCUT2D eigenvalue weighted by molar-refractivity contribution is 5.91. The maximum absolute atomic E-state index is 12.4. The van der Waals surface area contributed by atoms with Crippen LogP contribution in [-0.2, 0) is 9.59 Å². The fourth-order valence-electron chi connectivity index (χ4n) is 3.49. The minimum atomic E-state index is -0.902. The molecule has 108 valence electrons. The van der Waals surface area contributed by atoms with Crippen LogP contribution in [0.3, 0.4) is 0 Å². The van der Waals surface area contributed by atoms with E-state index in [1.807, 2.05) is 13.8 Å². The molecule has 2 aliphatic carbocycles. The van der Waals surface area contributed by atoms with Crippen LogP contribution in [-0.4, -0.2) is 46.2 Å². The van der Waals surface area contributed by atoms with Gasteiger partial charge in [0.25, 0.3) is 0 Å². The summed E-state index contributed by atoms with van der Waals surface area (Å²) in [4.78, 5) is 25.1. The van der Waals surface area contributed by atoms with Gasteiger partial charge in [-0.2, -0.15) is 0 Å². The minimum absolute atomic E-state index is 0.136. The maximum Gasteiger partial charge on any atom is 0.307 e. The fourth-order valence-corrected chi connectivity index (χ4v) is 3.49. The Labute approximate surface area is 113 Å². The van der Waals surface area contributed by atoms with E-state index in [2.05, 4.69) is 0 Å². The van der Waals surface area contributed by atoms with Gasteiger partial charge in [0, 0.05) is 7.05 Å². The number of aliphatic hydroxyl groups is 1. The number of carboxylic acid groups (broad SMARTS) is 1. The van der Waals surface area contributed by atoms with Crippen molar-refractivity contribution in [3.63, 3.8) is 0 Å². The quantitative estimate of drug-likeness (QED) is 0.804. The van der Waals surface area contributed by atoms with Gasteiger partial charge in [0.05, 0.1) is 24.0 Å². The average Bonchev–Trinajstić information content (AvgIpc) is 2.91. The topological polar surface area (TPSA) is 77.8 Å². The number of likely N-dealkylation sites (N-methyl/N-ethyl adjacent to an activating group) is 1. The lowest BCUT2D eigenvalue weighted by Gasteiger charge is -2.35. The zero-order chi connectivity index (χ0) is 14.4. The van der Waals surface area contributed by atoms with Gasteiger partial charge in [-0.15, -0.1) is 0 Å². The molecule has 2 N–H and O–H groups in total. The Morgan fingerprint density at radius 1 is 1.16 bits per heavy atom. The third-order valence-electron chi connectivity index (χ3n) is 4.90. The van der Waals surface area contributed by atoms with Crippen LogP contribution in [0.4, 0.5) is 0 Å². The van der Waals surface area contributed by atoms with E-state index < -0.39 is 29.3 Å². The van der Waals surface area contributed by atoms with E-state index in [-0.39, 0.29) is 11.9 Å². The first-order valence-corrected chi connectivity index (χ1v) is 6.96. The average molecular weight is 269 g/mol. The molecule has 19 heavy (non-hydrogen) atoms. The van der Waals surface area contributed by atoms with E-state index in [0.717, 1.165) is 25.7 Å². The van der Waals surface area contributed by atoms with Gasteiger partial charge in [-0.3, -0.25) is 9.59 Å². The number of nitrogens with zero attached hydrogens (tertiary/aromatic N) is 1. The van der Waals surface area contributed by atoms with Crippen molar-refractivity contribution in [2.45, 2.75) is 51.7 Å². The maximum atomic E-state index is 12.4. The molecular weight excluding hydrogens is 246 g/mol. The lowest BCUT2D eigenvalue weighted by atomic mass is 9.91. The van der Waals surface area contributed by atoms with Crippen LogP contribution in [0.15, 0.2) is 0 Å². The zero-order valence-electron chi connectivity index (χ0n) is 11.8. The molecule has 0 aromatic heterocycles. The second-order valence-corrected chi connectivity index (χ2v) is 6.48. The molecule has 0 radical (unpaired) electrons. The Balaban J connectivity index is 2.06. The molecule has 0 spiro atoms. The number of aliphatic carboxylic acids is 1. The van der Waals surface area contributed by atoms with Crippen molar-refractivity contribution in [2.24, 2.45) is 17.3 Å². The summed E-state index contributed by atoms with van der Waals surface area (Å²) in [6.07, 6.45) is 3.04. The van der Waals surface area contributed by atoms with Crippen molar-refractivity contribution in [2.75, 3.05) is 7.05 Å². The third-order valence-corrected chi connectivity index (χ3v) is 4.90. The Morgan fingerprint density at radius 2 is 1.74 bits per heavy atom. The van der Waals surface area contributed by atoms with E-state index in [1.54, 1.807) is 11.9 Å². The largest absolute Gasteiger partial charge is 0.481 e. The summed E-state index contributed by atoms with van der Waals surface area (Å²) in [6, 6.07) is -0.160. The second kappa shape index (κ2) is 4.78. The van der Waals surface area contributed by atoms with Crippen LogP contribution >= 0.6 is 0 Å². The van der Waals surface area contributed by atoms with Gasteiger partial charge in [0.1, 0.15) is 0 Å². The van der Waals surface area contributed by atoms with Crippen molar-refractivity contribution >= 4 is 11.9 Å². The standard InChI is InChI=1S/C14H23NO4/c1-14(2)10(11(14)13(18)19)12(17)15(3)8-6-4-5-7-9(8)16/h8-11,16H,4-7H2,1-3H3,(H,18,19)/t8?,9?,10-,11+/m1/s1. The minimum Gasteiger partial charge on any atom is -0.481 e. The number of rotatable bonds is 3. The molecule has 2 saturated carbocycles. The van der Waals surface area contributed by atoms with E-state index in [4.69, 9.17) is 5.11 Å². The molecule has 0 saturated heterocycles. The highest BCUT2D eigenvalue weighted by atomic mass is 16.4. The summed E-state index contributed by atoms with van der Waals surface area (Å²) in [6.45, 7) is 3.64. The molecule has 0 aliphatic heterocycles. The first-order chi connectivity index (χ1) is 8.78. The molecule has 0 bridgehead atoms. The van der Waals surface area contributed by atoms with Crippen LogP contribution in [0.2, 0.25) is 0 Å². The molecule has 5 nitrogen and oxygen atoms in total. The molecule has 2 aliphatic rings. The van der Waals surface area contributed by atoms with Gasteiger partial charge in [0.2, 0.25) is 5.91 Å². The molecule has 5 heteroatoms. The summed E-state index contributed by atoms with van der Waals surface area (Å²) < 4.78 is 0. The molecule has 0 aromatic carbocycles. The second-order valence-electron chi connectivity index (χ2n) is 6.48. The summed E-state index contributed by atoms with van der Waals surface area (Å²) in [5.41, 5.74) is -0.475. The molecule has 0 aromatic rings. The number of aliphatic hydroxyl groups excluding tert-OH is 1. The fraction of sp³-hybridized carbons (Fsp3) is 0.857. The monoisotopic (exact) mass is 269 g/mol. The number of hydrogen-bond donors (Lipinski definition) is 2. The Morgan fingerprint density at radius 3 is 2.21 bits per heavy atom. The zero-order valence-corrected chi connectivity index (χ0v) is 11.8. The van der Waals surface area contributed by atoms with Gasteiger partial charge in [-0.25, -0.2) is 0 Å². The lowest BCUT2D eigenvalue weighted by molar-refractivity contribution is -0.143. The van der Waals surface area contributed by atoms with Gasteiger partial charge < -0.3 is 15.1 Å². The SMILES string of the molecule is CN(C(=O)[C@H]1[C@@H](C(=O)O)C1(C)C)C1CCCCC1O. The Kier molecular flexibility index (Phi) is 3.60. The normalized spacial score (nSPS) is 36.6. The number of carbonyl (C=O) groups excluding carboxylic acids is 1. The molecule has 4 atom stereocenters. The van der Waals surface area contributed by atoms with E-state index in [1.165, 1.54) is 0 Å². The van der Waals surface area contributed by atoms with Crippen molar-refractivity contribution in [1.29, 1.82) is 0 Å². The summed E-state index contributed by atoms with van der Waals surface area (Å²) in [5.74, 6) is -2.09. The van der Waals surface area contributed by atoms with E-state index in [0.29, 0.717) is 0 Å². The van der Waals surface area contributed by atoms with Crippen LogP contribution in [0, 0.1) is 17.3 Å². The van der Waals surface area contributed by atoms with Crippen molar-refractivity contribution in [1.82, 2.24) is 4.90 Å². The first-order valence-electron chi connectivity index (χ1n) is 6.96. The molecule has 2 unspecified atom stereocenters. The highest BCUT2D eigenvalue weighted by Crippen LogP contribution is 2.59. The molecule has 2 rings (SSSR count). The van der Waals surface area contributed by atoms with Crippen molar-refractivity contribution in [3.8, 4) is 0 Å². The van der Waals surface area contributed by atoms with E-state index >= 15 is 0 Å². The molecular formula is C14H23NO4. The molecule has 1 amide bonds. The Hall–Kier alpha value is -1.10. The predicted octanol–water partition coefficient (Wildman–Crippen LogP) is 1.11. The van der Waals surface area contributed by atoms with Gasteiger partial charge in [0.15, 0.2) is 0 Å². The molecule has 0 heterocycles. The van der Waals surface area contributed by atoms with Crippen LogP contribution in [0.5, 0.6) is 0 Å². The number of carbonyl (C=O) groups is 2. The van der Waals surface area contributed by atoms with Crippen LogP contribution in [0.25, 0.3) is 0 Å². The first kappa shape index (κ1) is 14.3. The summed E-state index contributed by atoms with van der Waals surface area (Å²) in [5, 5.41) is 19.1. The number of hydrogen-bond acceptors (Lipinski definition) is 3. The summed E-state index contributed by atoms with van der Waals surface area (Å²) in [7, 11) is 1.69. The Bertz CT molecular complexity index is 393. The number of carboxylic acids is 1. The third kappa shape index (κ3) is 2.36. The van der Waals surface area contributed by atoms with Crippen LogP contribution < -0.4 is 0 Å². The van der Waals surface area contributed by atoms with Crippen molar-refractivity contribution < 1.29 is 19.8 Å². The molecule has 2 fully saturated rings. The van der Waals surface area contributed by atoms with Gasteiger partial charge in [-0.05, 0) is 18.3 Å². The lowest BCUT2D eigenvalue weighted by Crippen LogP contribution is -2.47. The van der Waals surface area contributed by atoms with E-state index in [9.17, 15) is 14.7 Å². The summed E-state index contributed by atoms with van der Waals surface area (Å²) >= 11 is 0. The number of amides is 1. The van der Waals surface area contributed by atoms with Crippen LogP contribution in [0.1, 0.15) is 39.5 Å². The van der Waals surface area contributed by atoms with Gasteiger partial charge in [-0.1, -0.05) is 26.7 Å². The van der Waals surface area contributed by atoms with Crippen molar-refractivity contribution in [3.05, 3.63) is 0 Å². The smallest absolute Gasteiger partial charge is 0.307 e.